The number of thiol groups is 1. The van der Waals surface area contributed by atoms with Crippen LogP contribution in [0.15, 0.2) is 29.2 Å². The van der Waals surface area contributed by atoms with E-state index in [-0.39, 0.29) is 0 Å². The van der Waals surface area contributed by atoms with Gasteiger partial charge in [0.25, 0.3) is 0 Å². The first kappa shape index (κ1) is 9.66. The molecule has 0 aliphatic heterocycles. The smallest absolute Gasteiger partial charge is 0.00401 e. The van der Waals surface area contributed by atoms with Crippen LogP contribution < -0.4 is 0 Å². The van der Waals surface area contributed by atoms with E-state index in [1.807, 2.05) is 0 Å². The van der Waals surface area contributed by atoms with Crippen LogP contribution in [-0.2, 0) is 6.42 Å². The molecule has 0 aliphatic carbocycles. The van der Waals surface area contributed by atoms with Crippen LogP contribution >= 0.6 is 12.6 Å². The largest absolute Gasteiger partial charge is 0.143 e. The van der Waals surface area contributed by atoms with E-state index >= 15 is 0 Å². The second-order valence-corrected chi connectivity index (χ2v) is 3.90. The Hall–Kier alpha value is -0.430. The first-order valence-corrected chi connectivity index (χ1v) is 4.95. The van der Waals surface area contributed by atoms with Gasteiger partial charge in [0.1, 0.15) is 0 Å². The average molecular weight is 180 g/mol. The van der Waals surface area contributed by atoms with Crippen molar-refractivity contribution in [1.29, 1.82) is 0 Å². The molecular formula is C11H16S. The molecule has 12 heavy (non-hydrogen) atoms. The van der Waals surface area contributed by atoms with Gasteiger partial charge in [-0.3, -0.25) is 0 Å². The van der Waals surface area contributed by atoms with Crippen molar-refractivity contribution in [3.05, 3.63) is 29.8 Å². The third-order valence-electron chi connectivity index (χ3n) is 2.22. The zero-order valence-electron chi connectivity index (χ0n) is 7.75. The zero-order valence-corrected chi connectivity index (χ0v) is 8.64. The summed E-state index contributed by atoms with van der Waals surface area (Å²) >= 11 is 4.25. The molecule has 0 fully saturated rings. The average Bonchev–Trinajstić information content (AvgIpc) is 2.09. The zero-order chi connectivity index (χ0) is 8.97. The van der Waals surface area contributed by atoms with E-state index in [0.717, 1.165) is 10.8 Å². The molecule has 0 unspecified atom stereocenters. The second-order valence-electron chi connectivity index (χ2n) is 3.38. The van der Waals surface area contributed by atoms with E-state index in [4.69, 9.17) is 0 Å². The van der Waals surface area contributed by atoms with Crippen LogP contribution in [0.25, 0.3) is 0 Å². The highest BCUT2D eigenvalue weighted by atomic mass is 32.1. The quantitative estimate of drug-likeness (QED) is 0.675. The Balaban J connectivity index is 2.58. The Morgan fingerprint density at radius 3 is 2.33 bits per heavy atom. The fourth-order valence-electron chi connectivity index (χ4n) is 1.18. The lowest BCUT2D eigenvalue weighted by atomic mass is 9.99. The van der Waals surface area contributed by atoms with E-state index in [1.54, 1.807) is 0 Å². The summed E-state index contributed by atoms with van der Waals surface area (Å²) in [5.41, 5.74) is 1.42. The van der Waals surface area contributed by atoms with Crippen LogP contribution in [0.1, 0.15) is 25.8 Å². The Morgan fingerprint density at radius 1 is 1.25 bits per heavy atom. The van der Waals surface area contributed by atoms with Gasteiger partial charge in [-0.2, -0.15) is 0 Å². The first-order valence-electron chi connectivity index (χ1n) is 4.50. The third kappa shape index (κ3) is 2.90. The van der Waals surface area contributed by atoms with Gasteiger partial charge in [-0.05, 0) is 30.0 Å². The lowest BCUT2D eigenvalue weighted by Crippen LogP contribution is -1.96. The van der Waals surface area contributed by atoms with E-state index < -0.39 is 0 Å². The van der Waals surface area contributed by atoms with Gasteiger partial charge < -0.3 is 0 Å². The molecule has 0 bridgehead atoms. The van der Waals surface area contributed by atoms with Crippen LogP contribution in [0.3, 0.4) is 0 Å². The first-order chi connectivity index (χ1) is 5.72. The maximum absolute atomic E-state index is 4.25. The highest BCUT2D eigenvalue weighted by molar-refractivity contribution is 7.80. The minimum atomic E-state index is 0.788. The number of hydrogen-bond donors (Lipinski definition) is 1. The molecular weight excluding hydrogens is 164 g/mol. The monoisotopic (exact) mass is 180 g/mol. The van der Waals surface area contributed by atoms with Gasteiger partial charge in [-0.15, -0.1) is 12.6 Å². The summed E-state index contributed by atoms with van der Waals surface area (Å²) in [5, 5.41) is 0. The molecule has 0 aromatic heterocycles. The maximum atomic E-state index is 4.25. The highest BCUT2D eigenvalue weighted by Gasteiger charge is 1.99. The molecule has 1 atom stereocenters. The van der Waals surface area contributed by atoms with Crippen molar-refractivity contribution < 1.29 is 0 Å². The van der Waals surface area contributed by atoms with Crippen LogP contribution in [-0.4, -0.2) is 0 Å². The molecule has 1 rings (SSSR count). The molecule has 66 valence electrons. The lowest BCUT2D eigenvalue weighted by Gasteiger charge is -2.07. The van der Waals surface area contributed by atoms with Crippen molar-refractivity contribution in [1.82, 2.24) is 0 Å². The Bertz CT molecular complexity index is 225. The summed E-state index contributed by atoms with van der Waals surface area (Å²) < 4.78 is 0. The van der Waals surface area contributed by atoms with Crippen molar-refractivity contribution in [2.75, 3.05) is 0 Å². The summed E-state index contributed by atoms with van der Waals surface area (Å²) in [6, 6.07) is 8.44. The fraction of sp³-hybridized carbons (Fsp3) is 0.455. The Labute approximate surface area is 80.4 Å². The summed E-state index contributed by atoms with van der Waals surface area (Å²) in [6.45, 7) is 4.52. The predicted octanol–water partition coefficient (Wildman–Crippen LogP) is 3.56. The summed E-state index contributed by atoms with van der Waals surface area (Å²) in [4.78, 5) is 1.04. The second kappa shape index (κ2) is 4.56. The minimum Gasteiger partial charge on any atom is -0.143 e. The lowest BCUT2D eigenvalue weighted by molar-refractivity contribution is 0.560. The van der Waals surface area contributed by atoms with Crippen molar-refractivity contribution in [2.45, 2.75) is 31.6 Å². The van der Waals surface area contributed by atoms with Crippen LogP contribution in [0.5, 0.6) is 0 Å². The molecule has 1 aromatic carbocycles. The SMILES string of the molecule is CC[C@H](C)Cc1ccc(S)cc1. The van der Waals surface area contributed by atoms with Gasteiger partial charge in [0.15, 0.2) is 0 Å². The van der Waals surface area contributed by atoms with Gasteiger partial charge in [-0.1, -0.05) is 32.4 Å². The van der Waals surface area contributed by atoms with Crippen LogP contribution in [0, 0.1) is 5.92 Å². The van der Waals surface area contributed by atoms with Crippen molar-refractivity contribution in [3.63, 3.8) is 0 Å². The standard InChI is InChI=1S/C11H16S/c1-3-9(2)8-10-4-6-11(12)7-5-10/h4-7,9,12H,3,8H2,1-2H3/t9-/m0/s1. The number of benzene rings is 1. The van der Waals surface area contributed by atoms with Gasteiger partial charge in [0.2, 0.25) is 0 Å². The van der Waals surface area contributed by atoms with Crippen molar-refractivity contribution in [2.24, 2.45) is 5.92 Å². The molecule has 0 spiro atoms. The number of rotatable bonds is 3. The van der Waals surface area contributed by atoms with E-state index in [0.29, 0.717) is 0 Å². The minimum absolute atomic E-state index is 0.788. The van der Waals surface area contributed by atoms with Gasteiger partial charge in [-0.25, -0.2) is 0 Å². The maximum Gasteiger partial charge on any atom is 0.00401 e. The van der Waals surface area contributed by atoms with E-state index in [2.05, 4.69) is 50.7 Å². The molecule has 0 saturated carbocycles. The van der Waals surface area contributed by atoms with Crippen LogP contribution in [0.2, 0.25) is 0 Å². The summed E-state index contributed by atoms with van der Waals surface area (Å²) in [5.74, 6) is 0.788. The van der Waals surface area contributed by atoms with Crippen molar-refractivity contribution in [3.8, 4) is 0 Å². The molecule has 1 heteroatoms. The molecule has 0 radical (unpaired) electrons. The van der Waals surface area contributed by atoms with Gasteiger partial charge in [0, 0.05) is 4.90 Å². The molecule has 0 saturated heterocycles. The molecule has 0 amide bonds. The van der Waals surface area contributed by atoms with Crippen molar-refractivity contribution >= 4 is 12.6 Å². The third-order valence-corrected chi connectivity index (χ3v) is 2.52. The van der Waals surface area contributed by atoms with E-state index in [9.17, 15) is 0 Å². The Kier molecular flexibility index (Phi) is 3.67. The van der Waals surface area contributed by atoms with Gasteiger partial charge >= 0.3 is 0 Å². The fourth-order valence-corrected chi connectivity index (χ4v) is 1.33. The molecule has 0 heterocycles. The topological polar surface area (TPSA) is 0 Å². The highest BCUT2D eigenvalue weighted by Crippen LogP contribution is 2.13. The molecule has 0 nitrogen and oxygen atoms in total. The molecule has 1 aromatic rings. The van der Waals surface area contributed by atoms with Gasteiger partial charge in [0.05, 0.1) is 0 Å². The van der Waals surface area contributed by atoms with Crippen LogP contribution in [0.4, 0.5) is 0 Å². The normalized spacial score (nSPS) is 12.9. The summed E-state index contributed by atoms with van der Waals surface area (Å²) in [7, 11) is 0. The van der Waals surface area contributed by atoms with E-state index in [1.165, 1.54) is 18.4 Å². The molecule has 0 N–H and O–H groups in total. The summed E-state index contributed by atoms with van der Waals surface area (Å²) in [6.07, 6.45) is 2.44. The predicted molar refractivity (Wildman–Crippen MR) is 56.9 cm³/mol. The molecule has 0 aliphatic rings. The number of hydrogen-bond acceptors (Lipinski definition) is 1. The Morgan fingerprint density at radius 2 is 1.83 bits per heavy atom.